The van der Waals surface area contributed by atoms with Gasteiger partial charge in [-0.05, 0) is 25.2 Å². The first kappa shape index (κ1) is 31.8. The monoisotopic (exact) mass is 464 g/mol. The van der Waals surface area contributed by atoms with Crippen LogP contribution in [0.3, 0.4) is 0 Å². The Labute approximate surface area is 203 Å². The van der Waals surface area contributed by atoms with Gasteiger partial charge in [-0.1, -0.05) is 76.2 Å². The number of hydrogen-bond acceptors (Lipinski definition) is 6. The minimum absolute atomic E-state index is 0. The third-order valence-corrected chi connectivity index (χ3v) is 3.69. The van der Waals surface area contributed by atoms with Crippen LogP contribution >= 0.6 is 0 Å². The minimum Gasteiger partial charge on any atom is -0.872 e. The van der Waals surface area contributed by atoms with E-state index in [0.717, 1.165) is 24.2 Å². The minimum atomic E-state index is -0.417. The van der Waals surface area contributed by atoms with E-state index in [2.05, 4.69) is 9.80 Å². The predicted molar refractivity (Wildman–Crippen MR) is 115 cm³/mol. The van der Waals surface area contributed by atoms with Crippen molar-refractivity contribution in [3.8, 4) is 11.5 Å². The average Bonchev–Trinajstić information content (AvgIpc) is 2.63. The van der Waals surface area contributed by atoms with Gasteiger partial charge in [0, 0.05) is 26.2 Å². The summed E-state index contributed by atoms with van der Waals surface area (Å²) < 4.78 is 0. The Balaban J connectivity index is 0. The van der Waals surface area contributed by atoms with E-state index < -0.39 is 12.2 Å². The third-order valence-electron chi connectivity index (χ3n) is 3.69. The normalized spacial score (nSPS) is 10.3. The second-order valence-corrected chi connectivity index (χ2v) is 7.79. The van der Waals surface area contributed by atoms with Gasteiger partial charge in [-0.2, -0.15) is 0 Å². The standard InChI is InChI=1S/C18H24N2O2.2C3H7O.Ti/c1-19(13-15-7-3-5-9-17(15)21)11-12-20(2)14-16-8-4-6-10-18(16)22;2*1-3(2)4;/h3-10,21-22H,11-14H2,1-2H3;2*3H,1-2H3;/q;2*-1;+4/p-2. The van der Waals surface area contributed by atoms with Gasteiger partial charge in [0.05, 0.1) is 0 Å². The maximum Gasteiger partial charge on any atom is 4.00 e. The smallest absolute Gasteiger partial charge is 0.872 e. The molecule has 0 aliphatic heterocycles. The van der Waals surface area contributed by atoms with Gasteiger partial charge in [0.25, 0.3) is 0 Å². The molecule has 6 nitrogen and oxygen atoms in total. The predicted octanol–water partition coefficient (Wildman–Crippen LogP) is 0.905. The van der Waals surface area contributed by atoms with E-state index in [0.29, 0.717) is 13.1 Å². The molecule has 0 N–H and O–H groups in total. The van der Waals surface area contributed by atoms with E-state index in [1.165, 1.54) is 0 Å². The molecule has 0 unspecified atom stereocenters. The van der Waals surface area contributed by atoms with Crippen LogP contribution in [0.5, 0.6) is 11.5 Å². The zero-order valence-electron chi connectivity index (χ0n) is 19.6. The molecule has 2 aromatic carbocycles. The molecule has 0 radical (unpaired) electrons. The first-order chi connectivity index (χ1) is 14.0. The molecule has 2 rings (SSSR count). The molecular weight excluding hydrogens is 428 g/mol. The average molecular weight is 464 g/mol. The Bertz CT molecular complexity index is 634. The Hall–Kier alpha value is -1.41. The molecule has 170 valence electrons. The molecule has 0 atom stereocenters. The summed E-state index contributed by atoms with van der Waals surface area (Å²) in [7, 11) is 4.00. The zero-order chi connectivity index (χ0) is 23.1. The van der Waals surface area contributed by atoms with Crippen LogP contribution in [-0.2, 0) is 34.8 Å². The third kappa shape index (κ3) is 17.9. The maximum absolute atomic E-state index is 11.7. The fourth-order valence-corrected chi connectivity index (χ4v) is 2.35. The Morgan fingerprint density at radius 2 is 0.903 bits per heavy atom. The summed E-state index contributed by atoms with van der Waals surface area (Å²) in [5.74, 6) is 0.172. The Morgan fingerprint density at radius 1 is 0.645 bits per heavy atom. The van der Waals surface area contributed by atoms with Gasteiger partial charge in [-0.3, -0.25) is 0 Å². The maximum atomic E-state index is 11.7. The molecule has 7 heteroatoms. The van der Waals surface area contributed by atoms with Gasteiger partial charge in [0.15, 0.2) is 0 Å². The fraction of sp³-hybridized carbons (Fsp3) is 0.500. The second kappa shape index (κ2) is 18.2. The first-order valence-corrected chi connectivity index (χ1v) is 10.2. The summed E-state index contributed by atoms with van der Waals surface area (Å²) in [4.78, 5) is 4.24. The SMILES string of the molecule is CC(C)[O-].CC(C)[O-].CN(CCN(C)Cc1ccccc1[O-])Cc1ccccc1[O-].[Ti+4]. The molecule has 0 amide bonds. The largest absolute Gasteiger partial charge is 4.00 e. The molecule has 0 saturated carbocycles. The van der Waals surface area contributed by atoms with Gasteiger partial charge >= 0.3 is 21.7 Å². The van der Waals surface area contributed by atoms with E-state index in [-0.39, 0.29) is 33.2 Å². The molecule has 0 aliphatic carbocycles. The summed E-state index contributed by atoms with van der Waals surface area (Å²) in [5, 5.41) is 42.5. The molecule has 0 fully saturated rings. The fourth-order valence-electron chi connectivity index (χ4n) is 2.35. The van der Waals surface area contributed by atoms with Crippen LogP contribution in [0, 0.1) is 0 Å². The van der Waals surface area contributed by atoms with Crippen molar-refractivity contribution >= 4 is 0 Å². The molecule has 0 aliphatic rings. The van der Waals surface area contributed by atoms with Gasteiger partial charge < -0.3 is 30.2 Å². The van der Waals surface area contributed by atoms with Crippen molar-refractivity contribution in [1.82, 2.24) is 9.80 Å². The van der Waals surface area contributed by atoms with Crippen molar-refractivity contribution in [3.63, 3.8) is 0 Å². The summed E-state index contributed by atoms with van der Waals surface area (Å²) in [6, 6.07) is 14.2. The summed E-state index contributed by atoms with van der Waals surface area (Å²) in [6.07, 6.45) is -0.833. The number of para-hydroxylation sites is 2. The van der Waals surface area contributed by atoms with Crippen molar-refractivity contribution in [2.75, 3.05) is 27.2 Å². The molecule has 0 spiro atoms. The Morgan fingerprint density at radius 3 is 1.16 bits per heavy atom. The van der Waals surface area contributed by atoms with Crippen LogP contribution in [0.25, 0.3) is 0 Å². The van der Waals surface area contributed by atoms with E-state index in [9.17, 15) is 20.4 Å². The van der Waals surface area contributed by atoms with E-state index in [4.69, 9.17) is 0 Å². The second-order valence-electron chi connectivity index (χ2n) is 7.79. The van der Waals surface area contributed by atoms with Crippen molar-refractivity contribution in [1.29, 1.82) is 0 Å². The van der Waals surface area contributed by atoms with Crippen LogP contribution < -0.4 is 20.4 Å². The summed E-state index contributed by atoms with van der Waals surface area (Å²) in [5.41, 5.74) is 1.63. The van der Waals surface area contributed by atoms with Crippen LogP contribution in [-0.4, -0.2) is 49.2 Å². The molecular formula is C24H36N2O4Ti. The topological polar surface area (TPSA) is 98.7 Å². The van der Waals surface area contributed by atoms with Crippen molar-refractivity contribution in [2.24, 2.45) is 0 Å². The van der Waals surface area contributed by atoms with Crippen molar-refractivity contribution in [3.05, 3.63) is 59.7 Å². The van der Waals surface area contributed by atoms with Crippen LogP contribution in [0.1, 0.15) is 38.8 Å². The number of nitrogens with zero attached hydrogens (tertiary/aromatic N) is 2. The number of hydrogen-bond donors (Lipinski definition) is 0. The van der Waals surface area contributed by atoms with Gasteiger partial charge in [-0.25, -0.2) is 0 Å². The van der Waals surface area contributed by atoms with E-state index in [1.807, 2.05) is 38.4 Å². The Kier molecular flexibility index (Phi) is 18.6. The number of likely N-dealkylation sites (N-methyl/N-ethyl adjacent to an activating group) is 2. The van der Waals surface area contributed by atoms with Crippen molar-refractivity contribution < 1.29 is 42.1 Å². The quantitative estimate of drug-likeness (QED) is 0.565. The molecule has 31 heavy (non-hydrogen) atoms. The van der Waals surface area contributed by atoms with Crippen LogP contribution in [0.4, 0.5) is 0 Å². The molecule has 0 aromatic heterocycles. The van der Waals surface area contributed by atoms with Gasteiger partial charge in [0.2, 0.25) is 0 Å². The summed E-state index contributed by atoms with van der Waals surface area (Å²) in [6.45, 7) is 9.41. The molecule has 0 saturated heterocycles. The van der Waals surface area contributed by atoms with Crippen molar-refractivity contribution in [2.45, 2.75) is 53.0 Å². The molecule has 0 bridgehead atoms. The van der Waals surface area contributed by atoms with Gasteiger partial charge in [0.1, 0.15) is 0 Å². The van der Waals surface area contributed by atoms with Crippen LogP contribution in [0.2, 0.25) is 0 Å². The molecule has 2 aromatic rings. The van der Waals surface area contributed by atoms with Crippen LogP contribution in [0.15, 0.2) is 48.5 Å². The van der Waals surface area contributed by atoms with E-state index >= 15 is 0 Å². The molecule has 0 heterocycles. The first-order valence-electron chi connectivity index (χ1n) is 10.2. The number of benzene rings is 2. The van der Waals surface area contributed by atoms with E-state index in [1.54, 1.807) is 52.0 Å². The zero-order valence-corrected chi connectivity index (χ0v) is 21.2. The summed E-state index contributed by atoms with van der Waals surface area (Å²) >= 11 is 0. The van der Waals surface area contributed by atoms with Gasteiger partial charge in [-0.15, -0.1) is 23.7 Å². The number of rotatable bonds is 7.